The fourth-order valence-corrected chi connectivity index (χ4v) is 11.6. The molecule has 8 rings (SSSR count). The molecule has 5 aromatic carbocycles. The molecule has 3 heterocycles. The summed E-state index contributed by atoms with van der Waals surface area (Å²) >= 11 is -0.0138. The number of hydrogen-bond acceptors (Lipinski definition) is 3. The summed E-state index contributed by atoms with van der Waals surface area (Å²) in [6.45, 7) is 8.80. The van der Waals surface area contributed by atoms with Crippen LogP contribution >= 0.6 is 11.3 Å². The molecule has 5 heteroatoms. The van der Waals surface area contributed by atoms with E-state index in [9.17, 15) is 0 Å². The summed E-state index contributed by atoms with van der Waals surface area (Å²) in [5, 5.41) is 2.59. The Hall–Kier alpha value is -4.19. The quantitative estimate of drug-likeness (QED) is 0.123. The van der Waals surface area contributed by atoms with E-state index in [1.807, 2.05) is 29.7 Å². The monoisotopic (exact) mass is 947 g/mol. The van der Waals surface area contributed by atoms with Gasteiger partial charge in [-0.25, -0.2) is 0 Å². The second-order valence-electron chi connectivity index (χ2n) is 14.9. The van der Waals surface area contributed by atoms with Crippen molar-refractivity contribution in [3.8, 4) is 44.8 Å². The number of rotatable bonds is 6. The Balaban J connectivity index is 0.000000183. The second-order valence-corrected chi connectivity index (χ2v) is 26.5. The van der Waals surface area contributed by atoms with Gasteiger partial charge in [-0.2, -0.15) is 11.3 Å². The average molecular weight is 946 g/mol. The van der Waals surface area contributed by atoms with Gasteiger partial charge in [0.15, 0.2) is 0 Å². The first-order valence-electron chi connectivity index (χ1n) is 18.0. The van der Waals surface area contributed by atoms with Crippen LogP contribution in [-0.2, 0) is 20.1 Å². The molecule has 1 radical (unpaired) electrons. The van der Waals surface area contributed by atoms with Gasteiger partial charge in [0.2, 0.25) is 0 Å². The molecule has 0 aliphatic carbocycles. The predicted molar refractivity (Wildman–Crippen MR) is 227 cm³/mol. The fourth-order valence-electron chi connectivity index (χ4n) is 6.90. The SMILES string of the molecule is Cc1cc(-c2[c-]ccc(-c3ccccc3)c2)nc[c]1[Ge]([CH3])([CH3])[CH3].Cc1cnc(-c2[c-]cc3sc4cc(-c5ccccc5)ccc4c3c2)cc1C(C)C.[Ir]. The Morgan fingerprint density at radius 1 is 0.585 bits per heavy atom. The Morgan fingerprint density at radius 2 is 1.21 bits per heavy atom. The third-order valence-corrected chi connectivity index (χ3v) is 15.3. The van der Waals surface area contributed by atoms with Crippen LogP contribution in [0.25, 0.3) is 64.9 Å². The molecule has 0 N–H and O–H groups in total. The van der Waals surface area contributed by atoms with E-state index in [1.165, 1.54) is 63.5 Å². The van der Waals surface area contributed by atoms with Gasteiger partial charge in [0.05, 0.1) is 0 Å². The third-order valence-electron chi connectivity index (χ3n) is 9.66. The summed E-state index contributed by atoms with van der Waals surface area (Å²) in [6, 6.07) is 49.7. The van der Waals surface area contributed by atoms with Crippen LogP contribution in [0.4, 0.5) is 0 Å². The van der Waals surface area contributed by atoms with E-state index in [0.717, 1.165) is 22.5 Å². The molecular formula is C48H44GeIrN2S-2. The van der Waals surface area contributed by atoms with Gasteiger partial charge < -0.3 is 4.98 Å². The van der Waals surface area contributed by atoms with Gasteiger partial charge >= 0.3 is 142 Å². The minimum Gasteiger partial charge on any atom is -0.304 e. The van der Waals surface area contributed by atoms with Crippen molar-refractivity contribution in [2.75, 3.05) is 0 Å². The minimum atomic E-state index is -1.85. The standard InChI is InChI=1S/C27H22NS.C21H22GeN.Ir/c1-17(2)23-15-25(28-16-18(23)3)21-10-12-26-24(13-21)22-11-9-20(14-27(22)29-26)19-7-5-4-6-8-19;1-16-13-21(23-15-20(16)22(2,3)4)19-12-8-11-18(14-19)17-9-6-5-7-10-17;/h4-9,11-17H,1-3H3;5-11,13-15H,1-4H3;/q2*-1;. The molecule has 0 saturated heterocycles. The molecule has 8 aromatic rings. The van der Waals surface area contributed by atoms with E-state index >= 15 is 0 Å². The van der Waals surface area contributed by atoms with Gasteiger partial charge in [0.25, 0.3) is 0 Å². The molecule has 0 amide bonds. The Morgan fingerprint density at radius 3 is 1.85 bits per heavy atom. The van der Waals surface area contributed by atoms with Gasteiger partial charge in [-0.1, -0.05) is 67.8 Å². The molecule has 0 bridgehead atoms. The second kappa shape index (κ2) is 16.4. The molecule has 0 fully saturated rings. The van der Waals surface area contributed by atoms with Crippen molar-refractivity contribution in [3.05, 3.63) is 163 Å². The summed E-state index contributed by atoms with van der Waals surface area (Å²) in [7, 11) is 0. The number of aryl methyl sites for hydroxylation is 2. The van der Waals surface area contributed by atoms with Gasteiger partial charge in [-0.15, -0.1) is 23.8 Å². The molecule has 0 aliphatic rings. The molecular weight excluding hydrogens is 901 g/mol. The molecule has 0 spiro atoms. The van der Waals surface area contributed by atoms with Crippen molar-refractivity contribution in [1.82, 2.24) is 9.97 Å². The largest absolute Gasteiger partial charge is 0.304 e. The van der Waals surface area contributed by atoms with Crippen LogP contribution in [0, 0.1) is 26.0 Å². The summed E-state index contributed by atoms with van der Waals surface area (Å²) in [4.78, 5) is 9.42. The molecule has 0 atom stereocenters. The van der Waals surface area contributed by atoms with Gasteiger partial charge in [0, 0.05) is 31.0 Å². The number of fused-ring (bicyclic) bond motifs is 3. The van der Waals surface area contributed by atoms with Crippen molar-refractivity contribution in [3.63, 3.8) is 0 Å². The fraction of sp³-hybridized carbons (Fsp3) is 0.167. The zero-order valence-corrected chi connectivity index (χ0v) is 36.7. The van der Waals surface area contributed by atoms with Crippen molar-refractivity contribution < 1.29 is 20.1 Å². The van der Waals surface area contributed by atoms with E-state index in [4.69, 9.17) is 4.98 Å². The third kappa shape index (κ3) is 8.63. The molecule has 53 heavy (non-hydrogen) atoms. The maximum Gasteiger partial charge on any atom is 0.0245 e. The first-order chi connectivity index (χ1) is 25.0. The van der Waals surface area contributed by atoms with Crippen molar-refractivity contribution in [2.45, 2.75) is 50.9 Å². The molecule has 0 aliphatic heterocycles. The summed E-state index contributed by atoms with van der Waals surface area (Å²) in [5.74, 6) is 7.71. The average Bonchev–Trinajstić information content (AvgIpc) is 3.53. The normalized spacial score (nSPS) is 11.3. The predicted octanol–water partition coefficient (Wildman–Crippen LogP) is 13.1. The van der Waals surface area contributed by atoms with Crippen molar-refractivity contribution in [1.29, 1.82) is 0 Å². The van der Waals surface area contributed by atoms with E-state index in [2.05, 4.69) is 177 Å². The zero-order chi connectivity index (χ0) is 36.4. The zero-order valence-electron chi connectivity index (χ0n) is 31.4. The number of pyridine rings is 2. The number of aromatic nitrogens is 2. The Bertz CT molecular complexity index is 2500. The summed E-state index contributed by atoms with van der Waals surface area (Å²) < 4.78 is 4.06. The maximum atomic E-state index is 4.73. The van der Waals surface area contributed by atoms with E-state index in [1.54, 1.807) is 0 Å². The number of thiophene rings is 1. The van der Waals surface area contributed by atoms with E-state index < -0.39 is 13.3 Å². The molecule has 2 nitrogen and oxygen atoms in total. The number of benzene rings is 5. The van der Waals surface area contributed by atoms with Crippen molar-refractivity contribution >= 4 is 49.2 Å². The van der Waals surface area contributed by atoms with E-state index in [-0.39, 0.29) is 20.1 Å². The molecule has 0 unspecified atom stereocenters. The molecule has 0 saturated carbocycles. The Kier molecular flexibility index (Phi) is 12.0. The summed E-state index contributed by atoms with van der Waals surface area (Å²) in [6.07, 6.45) is 4.08. The van der Waals surface area contributed by atoms with Crippen LogP contribution in [0.5, 0.6) is 0 Å². The van der Waals surface area contributed by atoms with Crippen LogP contribution in [-0.4, -0.2) is 23.2 Å². The minimum absolute atomic E-state index is 0. The number of nitrogens with zero attached hydrogens (tertiary/aromatic N) is 2. The maximum absolute atomic E-state index is 4.73. The summed E-state index contributed by atoms with van der Waals surface area (Å²) in [5.41, 5.74) is 13.0. The molecule has 267 valence electrons. The molecule has 3 aromatic heterocycles. The van der Waals surface area contributed by atoms with Crippen LogP contribution in [0.15, 0.2) is 134 Å². The number of hydrogen-bond donors (Lipinski definition) is 0. The topological polar surface area (TPSA) is 25.8 Å². The van der Waals surface area contributed by atoms with Crippen LogP contribution < -0.4 is 4.40 Å². The van der Waals surface area contributed by atoms with Crippen LogP contribution in [0.3, 0.4) is 0 Å². The van der Waals surface area contributed by atoms with Crippen molar-refractivity contribution in [2.24, 2.45) is 0 Å². The first kappa shape index (κ1) is 38.5. The first-order valence-corrected chi connectivity index (χ1v) is 26.2. The van der Waals surface area contributed by atoms with E-state index in [0.29, 0.717) is 5.92 Å². The van der Waals surface area contributed by atoms with Gasteiger partial charge in [-0.3, -0.25) is 0 Å². The van der Waals surface area contributed by atoms with Gasteiger partial charge in [-0.05, 0) is 56.9 Å². The van der Waals surface area contributed by atoms with Gasteiger partial charge in [0.1, 0.15) is 0 Å². The van der Waals surface area contributed by atoms with Crippen LogP contribution in [0.1, 0.15) is 36.5 Å². The smallest absolute Gasteiger partial charge is 0.0245 e. The Labute approximate surface area is 335 Å². The van der Waals surface area contributed by atoms with Crippen LogP contribution in [0.2, 0.25) is 17.3 Å².